The maximum Gasteiger partial charge on any atom is 0.315 e. The van der Waals surface area contributed by atoms with Crippen LogP contribution in [-0.4, -0.2) is 22.0 Å². The number of aliphatic carboxylic acids is 1. The van der Waals surface area contributed by atoms with Gasteiger partial charge in [-0.2, -0.15) is 0 Å². The summed E-state index contributed by atoms with van der Waals surface area (Å²) < 4.78 is 0. The van der Waals surface area contributed by atoms with Crippen molar-refractivity contribution in [2.75, 3.05) is 0 Å². The van der Waals surface area contributed by atoms with E-state index in [4.69, 9.17) is 5.11 Å². The van der Waals surface area contributed by atoms with Crippen molar-refractivity contribution in [3.8, 4) is 0 Å². The number of nitrogens with one attached hydrogen (secondary N) is 2. The average Bonchev–Trinajstić information content (AvgIpc) is 2.65. The van der Waals surface area contributed by atoms with E-state index in [2.05, 4.69) is 10.3 Å². The zero-order chi connectivity index (χ0) is 10.6. The molecule has 0 fully saturated rings. The molecule has 0 aliphatic rings. The molecule has 0 saturated heterocycles. The van der Waals surface area contributed by atoms with E-state index in [0.29, 0.717) is 6.54 Å². The van der Waals surface area contributed by atoms with Gasteiger partial charge in [0.15, 0.2) is 0 Å². The molecule has 5 nitrogen and oxygen atoms in total. The number of amides is 1. The lowest BCUT2D eigenvalue weighted by Crippen LogP contribution is -2.32. The van der Waals surface area contributed by atoms with Crippen LogP contribution in [0.1, 0.15) is 12.5 Å². The van der Waals surface area contributed by atoms with Gasteiger partial charge < -0.3 is 15.4 Å². The van der Waals surface area contributed by atoms with E-state index in [-0.39, 0.29) is 0 Å². The standard InChI is InChI=1S/C9H12N2O3/c1-6(9(13)14)8(12)11-5-7-2-3-10-4-7/h2-4,6,10H,5H2,1H3,(H,11,12)(H,13,14). The minimum Gasteiger partial charge on any atom is -0.481 e. The van der Waals surface area contributed by atoms with E-state index >= 15 is 0 Å². The van der Waals surface area contributed by atoms with Gasteiger partial charge in [0.05, 0.1) is 0 Å². The van der Waals surface area contributed by atoms with Crippen LogP contribution in [0.3, 0.4) is 0 Å². The number of rotatable bonds is 4. The van der Waals surface area contributed by atoms with Gasteiger partial charge in [0.2, 0.25) is 5.91 Å². The van der Waals surface area contributed by atoms with Gasteiger partial charge >= 0.3 is 5.97 Å². The normalized spacial score (nSPS) is 12.1. The molecule has 1 amide bonds. The predicted octanol–water partition coefficient (Wildman–Crippen LogP) is 0.352. The molecule has 1 atom stereocenters. The van der Waals surface area contributed by atoms with Crippen molar-refractivity contribution >= 4 is 11.9 Å². The molecule has 1 unspecified atom stereocenters. The predicted molar refractivity (Wildman–Crippen MR) is 49.4 cm³/mol. The Kier molecular flexibility index (Phi) is 3.28. The number of carboxylic acid groups (broad SMARTS) is 1. The van der Waals surface area contributed by atoms with Crippen molar-refractivity contribution in [3.63, 3.8) is 0 Å². The van der Waals surface area contributed by atoms with Gasteiger partial charge in [0.1, 0.15) is 5.92 Å². The molecule has 0 aliphatic heterocycles. The number of hydrogen-bond donors (Lipinski definition) is 3. The number of hydrogen-bond acceptors (Lipinski definition) is 2. The van der Waals surface area contributed by atoms with Gasteiger partial charge in [0, 0.05) is 18.9 Å². The first-order valence-corrected chi connectivity index (χ1v) is 4.23. The highest BCUT2D eigenvalue weighted by Crippen LogP contribution is 1.98. The first kappa shape index (κ1) is 10.3. The highest BCUT2D eigenvalue weighted by atomic mass is 16.4. The lowest BCUT2D eigenvalue weighted by molar-refractivity contribution is -0.146. The summed E-state index contributed by atoms with van der Waals surface area (Å²) in [4.78, 5) is 24.5. The molecule has 1 heterocycles. The smallest absolute Gasteiger partial charge is 0.315 e. The van der Waals surface area contributed by atoms with Gasteiger partial charge in [-0.25, -0.2) is 0 Å². The van der Waals surface area contributed by atoms with Crippen molar-refractivity contribution in [2.45, 2.75) is 13.5 Å². The van der Waals surface area contributed by atoms with Gasteiger partial charge in [-0.15, -0.1) is 0 Å². The first-order chi connectivity index (χ1) is 6.61. The Labute approximate surface area is 81.1 Å². The SMILES string of the molecule is CC(C(=O)O)C(=O)NCc1cc[nH]c1. The Morgan fingerprint density at radius 2 is 2.36 bits per heavy atom. The number of carbonyl (C=O) groups is 2. The van der Waals surface area contributed by atoms with Crippen molar-refractivity contribution < 1.29 is 14.7 Å². The maximum atomic E-state index is 11.2. The molecule has 0 spiro atoms. The van der Waals surface area contributed by atoms with E-state index in [0.717, 1.165) is 5.56 Å². The number of carbonyl (C=O) groups excluding carboxylic acids is 1. The molecule has 14 heavy (non-hydrogen) atoms. The molecule has 0 saturated carbocycles. The van der Waals surface area contributed by atoms with Crippen LogP contribution in [0.4, 0.5) is 0 Å². The largest absolute Gasteiger partial charge is 0.481 e. The number of carboxylic acids is 1. The van der Waals surface area contributed by atoms with Crippen molar-refractivity contribution in [1.82, 2.24) is 10.3 Å². The second-order valence-corrected chi connectivity index (χ2v) is 3.00. The van der Waals surface area contributed by atoms with Crippen molar-refractivity contribution in [2.24, 2.45) is 5.92 Å². The summed E-state index contributed by atoms with van der Waals surface area (Å²) in [5, 5.41) is 11.1. The fourth-order valence-corrected chi connectivity index (χ4v) is 0.923. The molecule has 0 aromatic carbocycles. The Morgan fingerprint density at radius 1 is 1.64 bits per heavy atom. The van der Waals surface area contributed by atoms with Crippen LogP contribution in [0.2, 0.25) is 0 Å². The summed E-state index contributed by atoms with van der Waals surface area (Å²) in [7, 11) is 0. The van der Waals surface area contributed by atoms with Crippen LogP contribution in [0.5, 0.6) is 0 Å². The van der Waals surface area contributed by atoms with Crippen LogP contribution in [-0.2, 0) is 16.1 Å². The Morgan fingerprint density at radius 3 is 2.86 bits per heavy atom. The van der Waals surface area contributed by atoms with E-state index in [1.165, 1.54) is 6.92 Å². The number of aromatic amines is 1. The first-order valence-electron chi connectivity index (χ1n) is 4.23. The molecule has 5 heteroatoms. The van der Waals surface area contributed by atoms with Crippen molar-refractivity contribution in [3.05, 3.63) is 24.0 Å². The molecule has 1 aromatic rings. The summed E-state index contributed by atoms with van der Waals surface area (Å²) >= 11 is 0. The summed E-state index contributed by atoms with van der Waals surface area (Å²) in [5.41, 5.74) is 0.913. The zero-order valence-electron chi connectivity index (χ0n) is 7.78. The minimum atomic E-state index is -1.11. The summed E-state index contributed by atoms with van der Waals surface area (Å²) in [6.45, 7) is 1.70. The van der Waals surface area contributed by atoms with Crippen LogP contribution >= 0.6 is 0 Å². The number of H-pyrrole nitrogens is 1. The summed E-state index contributed by atoms with van der Waals surface area (Å²) in [6, 6.07) is 1.81. The Bertz CT molecular complexity index is 319. The van der Waals surface area contributed by atoms with Crippen LogP contribution < -0.4 is 5.32 Å². The fraction of sp³-hybridized carbons (Fsp3) is 0.333. The third kappa shape index (κ3) is 2.62. The van der Waals surface area contributed by atoms with Crippen LogP contribution in [0.25, 0.3) is 0 Å². The minimum absolute atomic E-state index is 0.347. The second kappa shape index (κ2) is 4.45. The molecule has 3 N–H and O–H groups in total. The molecule has 0 radical (unpaired) electrons. The van der Waals surface area contributed by atoms with Gasteiger partial charge in [-0.3, -0.25) is 9.59 Å². The molecular weight excluding hydrogens is 184 g/mol. The molecule has 0 bridgehead atoms. The third-order valence-corrected chi connectivity index (χ3v) is 1.89. The van der Waals surface area contributed by atoms with E-state index in [1.807, 2.05) is 6.07 Å². The molecule has 76 valence electrons. The second-order valence-electron chi connectivity index (χ2n) is 3.00. The fourth-order valence-electron chi connectivity index (χ4n) is 0.923. The Hall–Kier alpha value is -1.78. The topological polar surface area (TPSA) is 82.2 Å². The van der Waals surface area contributed by atoms with E-state index < -0.39 is 17.8 Å². The molecular formula is C9H12N2O3. The Balaban J connectivity index is 2.39. The van der Waals surface area contributed by atoms with Crippen molar-refractivity contribution in [1.29, 1.82) is 0 Å². The highest BCUT2D eigenvalue weighted by Gasteiger charge is 2.19. The lowest BCUT2D eigenvalue weighted by Gasteiger charge is -2.06. The maximum absolute atomic E-state index is 11.2. The van der Waals surface area contributed by atoms with Gasteiger partial charge in [-0.05, 0) is 18.6 Å². The lowest BCUT2D eigenvalue weighted by atomic mass is 10.1. The molecule has 1 aromatic heterocycles. The monoisotopic (exact) mass is 196 g/mol. The zero-order valence-corrected chi connectivity index (χ0v) is 7.78. The van der Waals surface area contributed by atoms with E-state index in [1.54, 1.807) is 12.4 Å². The highest BCUT2D eigenvalue weighted by molar-refractivity contribution is 5.96. The average molecular weight is 196 g/mol. The molecule has 0 aliphatic carbocycles. The van der Waals surface area contributed by atoms with Gasteiger partial charge in [-0.1, -0.05) is 0 Å². The summed E-state index contributed by atoms with van der Waals surface area (Å²) in [5.74, 6) is -2.59. The van der Waals surface area contributed by atoms with Crippen LogP contribution in [0.15, 0.2) is 18.5 Å². The number of aromatic nitrogens is 1. The third-order valence-electron chi connectivity index (χ3n) is 1.89. The van der Waals surface area contributed by atoms with Gasteiger partial charge in [0.25, 0.3) is 0 Å². The molecule has 1 rings (SSSR count). The van der Waals surface area contributed by atoms with E-state index in [9.17, 15) is 9.59 Å². The van der Waals surface area contributed by atoms with Crippen LogP contribution in [0, 0.1) is 5.92 Å². The summed E-state index contributed by atoms with van der Waals surface area (Å²) in [6.07, 6.45) is 3.48. The quantitative estimate of drug-likeness (QED) is 0.608.